The lowest BCUT2D eigenvalue weighted by molar-refractivity contribution is -0.0291. The summed E-state index contributed by atoms with van der Waals surface area (Å²) in [6.07, 6.45) is 0.485. The number of aromatic amines is 1. The molecule has 0 aliphatic carbocycles. The number of hydrogen-bond acceptors (Lipinski definition) is 4. The number of ether oxygens (including phenoxy) is 2. The molecule has 1 aliphatic heterocycles. The van der Waals surface area contributed by atoms with Crippen molar-refractivity contribution in [2.75, 3.05) is 26.7 Å². The van der Waals surface area contributed by atoms with Crippen LogP contribution in [0.2, 0.25) is 0 Å². The number of nitrogens with zero attached hydrogens (tertiary/aromatic N) is 2. The topological polar surface area (TPSA) is 50.4 Å². The number of piperidine rings is 1. The van der Waals surface area contributed by atoms with Crippen molar-refractivity contribution in [3.8, 4) is 5.75 Å². The van der Waals surface area contributed by atoms with E-state index >= 15 is 4.39 Å². The molecule has 1 unspecified atom stereocenters. The molecule has 2 heterocycles. The summed E-state index contributed by atoms with van der Waals surface area (Å²) in [4.78, 5) is 9.96. The van der Waals surface area contributed by atoms with Crippen LogP contribution in [-0.4, -0.2) is 47.7 Å². The number of H-pyrrole nitrogens is 1. The molecule has 1 aromatic heterocycles. The molecule has 2 aromatic carbocycles. The molecular formula is C22H25F2N3O2. The monoisotopic (exact) mass is 401 g/mol. The van der Waals surface area contributed by atoms with Crippen LogP contribution in [0, 0.1) is 11.6 Å². The summed E-state index contributed by atoms with van der Waals surface area (Å²) >= 11 is 0. The lowest BCUT2D eigenvalue weighted by atomic mass is 10.0. The molecule has 1 aliphatic rings. The lowest BCUT2D eigenvalue weighted by Gasteiger charge is -2.31. The second-order valence-corrected chi connectivity index (χ2v) is 7.36. The zero-order chi connectivity index (χ0) is 20.4. The Labute approximate surface area is 168 Å². The number of fused-ring (bicyclic) bond motifs is 1. The number of aromatic nitrogens is 2. The first-order valence-corrected chi connectivity index (χ1v) is 9.96. The molecule has 5 nitrogen and oxygen atoms in total. The van der Waals surface area contributed by atoms with E-state index in [2.05, 4.69) is 21.9 Å². The molecule has 0 bridgehead atoms. The highest BCUT2D eigenvalue weighted by atomic mass is 19.1. The molecule has 3 aromatic rings. The van der Waals surface area contributed by atoms with Crippen LogP contribution in [0.15, 0.2) is 36.4 Å². The minimum absolute atomic E-state index is 0.0111. The SMILES string of the molecule is CCOc1ccc(F)c(C(OC2CCN(C)CC2)c2nc3ccccc3[nH]2)c1F. The standard InChI is InChI=1S/C22H25F2N3O2/c1-3-28-18-9-8-15(23)19(20(18)24)21(29-14-10-12-27(2)13-11-14)22-25-16-6-4-5-7-17(16)26-22/h4-9,14,21H,3,10-13H2,1-2H3,(H,25,26). The third-order valence-electron chi connectivity index (χ3n) is 5.30. The molecule has 0 radical (unpaired) electrons. The van der Waals surface area contributed by atoms with Gasteiger partial charge in [0, 0.05) is 13.1 Å². The second kappa shape index (κ2) is 8.47. The van der Waals surface area contributed by atoms with Crippen LogP contribution in [0.1, 0.15) is 37.3 Å². The van der Waals surface area contributed by atoms with Crippen molar-refractivity contribution in [2.45, 2.75) is 32.0 Å². The molecular weight excluding hydrogens is 376 g/mol. The number of halogens is 2. The van der Waals surface area contributed by atoms with Crippen LogP contribution in [0.25, 0.3) is 11.0 Å². The summed E-state index contributed by atoms with van der Waals surface area (Å²) in [5.41, 5.74) is 1.34. The molecule has 7 heteroatoms. The van der Waals surface area contributed by atoms with Gasteiger partial charge in [0.05, 0.1) is 29.3 Å². The van der Waals surface area contributed by atoms with Crippen molar-refractivity contribution in [2.24, 2.45) is 0 Å². The summed E-state index contributed by atoms with van der Waals surface area (Å²) in [5.74, 6) is -1.02. The number of imidazole rings is 1. The highest BCUT2D eigenvalue weighted by molar-refractivity contribution is 5.74. The van der Waals surface area contributed by atoms with Crippen LogP contribution < -0.4 is 4.74 Å². The normalized spacial score (nSPS) is 17.0. The first-order chi connectivity index (χ1) is 14.1. The molecule has 154 valence electrons. The Morgan fingerprint density at radius 3 is 2.66 bits per heavy atom. The quantitative estimate of drug-likeness (QED) is 0.664. The lowest BCUT2D eigenvalue weighted by Crippen LogP contribution is -2.35. The predicted molar refractivity (Wildman–Crippen MR) is 107 cm³/mol. The summed E-state index contributed by atoms with van der Waals surface area (Å²) in [7, 11) is 2.05. The van der Waals surface area contributed by atoms with Crippen molar-refractivity contribution in [3.63, 3.8) is 0 Å². The molecule has 1 atom stereocenters. The first-order valence-electron chi connectivity index (χ1n) is 9.96. The minimum Gasteiger partial charge on any atom is -0.491 e. The predicted octanol–water partition coefficient (Wildman–Crippen LogP) is 4.44. The Balaban J connectivity index is 1.77. The zero-order valence-electron chi connectivity index (χ0n) is 16.6. The van der Waals surface area contributed by atoms with Gasteiger partial charge in [0.2, 0.25) is 0 Å². The van der Waals surface area contributed by atoms with E-state index in [4.69, 9.17) is 9.47 Å². The maximum absolute atomic E-state index is 15.2. The van der Waals surface area contributed by atoms with Crippen LogP contribution in [0.4, 0.5) is 8.78 Å². The van der Waals surface area contributed by atoms with Gasteiger partial charge in [-0.05, 0) is 51.1 Å². The van der Waals surface area contributed by atoms with E-state index in [1.807, 2.05) is 24.3 Å². The molecule has 29 heavy (non-hydrogen) atoms. The van der Waals surface area contributed by atoms with Crippen LogP contribution in [-0.2, 0) is 4.74 Å². The van der Waals surface area contributed by atoms with E-state index in [0.717, 1.165) is 37.0 Å². The molecule has 1 saturated heterocycles. The van der Waals surface area contributed by atoms with Crippen LogP contribution >= 0.6 is 0 Å². The fraction of sp³-hybridized carbons (Fsp3) is 0.409. The number of para-hydroxylation sites is 2. The summed E-state index contributed by atoms with van der Waals surface area (Å²) in [5, 5.41) is 0. The summed E-state index contributed by atoms with van der Waals surface area (Å²) in [6.45, 7) is 3.80. The van der Waals surface area contributed by atoms with E-state index in [1.54, 1.807) is 6.92 Å². The highest BCUT2D eigenvalue weighted by Crippen LogP contribution is 2.36. The number of rotatable bonds is 6. The Morgan fingerprint density at radius 1 is 1.17 bits per heavy atom. The van der Waals surface area contributed by atoms with Gasteiger partial charge in [0.1, 0.15) is 17.7 Å². The van der Waals surface area contributed by atoms with Gasteiger partial charge < -0.3 is 19.4 Å². The van der Waals surface area contributed by atoms with Crippen molar-refractivity contribution in [1.29, 1.82) is 0 Å². The van der Waals surface area contributed by atoms with E-state index in [-0.39, 0.29) is 24.0 Å². The maximum Gasteiger partial charge on any atom is 0.174 e. The summed E-state index contributed by atoms with van der Waals surface area (Å²) in [6, 6.07) is 10.0. The molecule has 0 amide bonds. The Morgan fingerprint density at radius 2 is 1.93 bits per heavy atom. The average molecular weight is 401 g/mol. The first kappa shape index (κ1) is 19.8. The zero-order valence-corrected chi connectivity index (χ0v) is 16.6. The van der Waals surface area contributed by atoms with E-state index in [1.165, 1.54) is 12.1 Å². The fourth-order valence-corrected chi connectivity index (χ4v) is 3.74. The van der Waals surface area contributed by atoms with E-state index < -0.39 is 17.7 Å². The number of likely N-dealkylation sites (tertiary alicyclic amines) is 1. The molecule has 1 N–H and O–H groups in total. The van der Waals surface area contributed by atoms with Crippen molar-refractivity contribution in [1.82, 2.24) is 14.9 Å². The Kier molecular flexibility index (Phi) is 5.78. The van der Waals surface area contributed by atoms with E-state index in [0.29, 0.717) is 5.82 Å². The number of nitrogens with one attached hydrogen (secondary N) is 1. The van der Waals surface area contributed by atoms with Gasteiger partial charge in [-0.25, -0.2) is 13.8 Å². The molecule has 1 fully saturated rings. The van der Waals surface area contributed by atoms with Gasteiger partial charge >= 0.3 is 0 Å². The van der Waals surface area contributed by atoms with E-state index in [9.17, 15) is 4.39 Å². The maximum atomic E-state index is 15.2. The van der Waals surface area contributed by atoms with Crippen LogP contribution in [0.5, 0.6) is 5.75 Å². The minimum atomic E-state index is -0.990. The van der Waals surface area contributed by atoms with Crippen molar-refractivity contribution in [3.05, 3.63) is 59.4 Å². The fourth-order valence-electron chi connectivity index (χ4n) is 3.74. The molecule has 0 saturated carbocycles. The molecule has 0 spiro atoms. The Bertz CT molecular complexity index is 950. The number of hydrogen-bond donors (Lipinski definition) is 1. The van der Waals surface area contributed by atoms with Crippen molar-refractivity contribution >= 4 is 11.0 Å². The van der Waals surface area contributed by atoms with Gasteiger partial charge in [-0.15, -0.1) is 0 Å². The third kappa shape index (κ3) is 4.11. The highest BCUT2D eigenvalue weighted by Gasteiger charge is 2.31. The largest absolute Gasteiger partial charge is 0.491 e. The third-order valence-corrected chi connectivity index (χ3v) is 5.30. The van der Waals surface area contributed by atoms with Crippen molar-refractivity contribution < 1.29 is 18.3 Å². The smallest absolute Gasteiger partial charge is 0.174 e. The second-order valence-electron chi connectivity index (χ2n) is 7.36. The van der Waals surface area contributed by atoms with Gasteiger partial charge in [-0.1, -0.05) is 12.1 Å². The van der Waals surface area contributed by atoms with Gasteiger partial charge in [0.25, 0.3) is 0 Å². The van der Waals surface area contributed by atoms with Crippen LogP contribution in [0.3, 0.4) is 0 Å². The Hall–Kier alpha value is -2.51. The number of benzene rings is 2. The van der Waals surface area contributed by atoms with Gasteiger partial charge in [0.15, 0.2) is 11.6 Å². The summed E-state index contributed by atoms with van der Waals surface area (Å²) < 4.78 is 41.7. The molecule has 4 rings (SSSR count). The van der Waals surface area contributed by atoms with Gasteiger partial charge in [-0.2, -0.15) is 0 Å². The van der Waals surface area contributed by atoms with Gasteiger partial charge in [-0.3, -0.25) is 0 Å². The average Bonchev–Trinajstić information content (AvgIpc) is 3.15.